The van der Waals surface area contributed by atoms with Gasteiger partial charge in [-0.1, -0.05) is 6.07 Å². The lowest BCUT2D eigenvalue weighted by atomic mass is 10.2. The van der Waals surface area contributed by atoms with E-state index >= 15 is 0 Å². The third-order valence-corrected chi connectivity index (χ3v) is 6.29. The summed E-state index contributed by atoms with van der Waals surface area (Å²) in [7, 11) is -8.10. The van der Waals surface area contributed by atoms with E-state index in [9.17, 15) is 21.6 Å². The van der Waals surface area contributed by atoms with Gasteiger partial charge in [-0.2, -0.15) is 21.6 Å². The van der Waals surface area contributed by atoms with E-state index in [4.69, 9.17) is 9.47 Å². The van der Waals surface area contributed by atoms with Gasteiger partial charge in [0.05, 0.1) is 0 Å². The van der Waals surface area contributed by atoms with Crippen molar-refractivity contribution in [2.24, 2.45) is 0 Å². The number of halogens is 3. The van der Waals surface area contributed by atoms with Crippen LogP contribution in [-0.4, -0.2) is 33.2 Å². The number of hydrogen-bond acceptors (Lipinski definition) is 5. The van der Waals surface area contributed by atoms with Crippen molar-refractivity contribution < 1.29 is 34.7 Å². The van der Waals surface area contributed by atoms with Crippen molar-refractivity contribution in [3.63, 3.8) is 0 Å². The lowest BCUT2D eigenvalue weighted by Gasteiger charge is -2.30. The van der Waals surface area contributed by atoms with Crippen LogP contribution in [0.2, 0.25) is 0 Å². The van der Waals surface area contributed by atoms with Gasteiger partial charge in [0.1, 0.15) is 0 Å². The summed E-state index contributed by atoms with van der Waals surface area (Å²) in [5.41, 5.74) is -4.82. The molecule has 21 heavy (non-hydrogen) atoms. The van der Waals surface area contributed by atoms with Gasteiger partial charge in [0.15, 0.2) is 11.5 Å². The van der Waals surface area contributed by atoms with Crippen molar-refractivity contribution in [2.75, 3.05) is 19.3 Å². The van der Waals surface area contributed by atoms with E-state index in [2.05, 4.69) is 3.63 Å². The van der Waals surface area contributed by atoms with E-state index in [1.165, 1.54) is 12.5 Å². The second kappa shape index (κ2) is 5.25. The predicted octanol–water partition coefficient (Wildman–Crippen LogP) is 2.76. The largest absolute Gasteiger partial charge is 0.523 e. The number of ether oxygens (including phenoxy) is 2. The minimum absolute atomic E-state index is 0.0406. The van der Waals surface area contributed by atoms with E-state index in [-0.39, 0.29) is 12.5 Å². The van der Waals surface area contributed by atoms with Crippen LogP contribution in [-0.2, 0) is 19.5 Å². The first-order chi connectivity index (χ1) is 9.50. The Kier molecular flexibility index (Phi) is 4.06. The van der Waals surface area contributed by atoms with Crippen LogP contribution < -0.4 is 9.47 Å². The van der Waals surface area contributed by atoms with Crippen molar-refractivity contribution in [3.05, 3.63) is 23.8 Å². The molecule has 0 atom stereocenters. The van der Waals surface area contributed by atoms with Gasteiger partial charge in [0, 0.05) is 5.75 Å². The van der Waals surface area contributed by atoms with Gasteiger partial charge in [-0.05, 0) is 30.2 Å². The SMILES string of the molecule is CS(C)(Cc1ccc2c(c1)OCO2)OS(=O)(=O)C(F)(F)F. The molecule has 2 rings (SSSR count). The Morgan fingerprint density at radius 2 is 1.81 bits per heavy atom. The molecule has 0 spiro atoms. The molecule has 1 aromatic rings. The fraction of sp³-hybridized carbons (Fsp3) is 0.455. The molecule has 120 valence electrons. The van der Waals surface area contributed by atoms with Crippen molar-refractivity contribution in [1.82, 2.24) is 0 Å². The maximum Gasteiger partial charge on any atom is 0.523 e. The first-order valence-electron chi connectivity index (χ1n) is 5.62. The maximum absolute atomic E-state index is 12.3. The summed E-state index contributed by atoms with van der Waals surface area (Å²) >= 11 is 0. The Bertz CT molecular complexity index is 640. The highest BCUT2D eigenvalue weighted by molar-refractivity contribution is 8.31. The Labute approximate surface area is 121 Å². The van der Waals surface area contributed by atoms with Crippen LogP contribution in [0, 0.1) is 0 Å². The van der Waals surface area contributed by atoms with Crippen LogP contribution in [0.25, 0.3) is 0 Å². The van der Waals surface area contributed by atoms with Gasteiger partial charge in [-0.25, -0.2) is 3.63 Å². The maximum atomic E-state index is 12.3. The third-order valence-electron chi connectivity index (χ3n) is 2.51. The van der Waals surface area contributed by atoms with Gasteiger partial charge in [-0.15, -0.1) is 10.3 Å². The molecule has 0 bridgehead atoms. The molecule has 1 aliphatic heterocycles. The third kappa shape index (κ3) is 3.74. The van der Waals surface area contributed by atoms with Crippen LogP contribution in [0.5, 0.6) is 11.5 Å². The van der Waals surface area contributed by atoms with Crippen LogP contribution in [0.3, 0.4) is 0 Å². The molecule has 0 N–H and O–H groups in total. The topological polar surface area (TPSA) is 61.8 Å². The fourth-order valence-electron chi connectivity index (χ4n) is 1.74. The Morgan fingerprint density at radius 1 is 1.19 bits per heavy atom. The minimum atomic E-state index is -5.61. The summed E-state index contributed by atoms with van der Waals surface area (Å²) in [6, 6.07) is 4.85. The zero-order valence-electron chi connectivity index (χ0n) is 11.1. The zero-order valence-corrected chi connectivity index (χ0v) is 12.8. The van der Waals surface area contributed by atoms with Gasteiger partial charge < -0.3 is 9.47 Å². The molecule has 0 saturated heterocycles. The highest BCUT2D eigenvalue weighted by Crippen LogP contribution is 2.49. The average molecular weight is 346 g/mol. The number of fused-ring (bicyclic) bond motifs is 1. The highest BCUT2D eigenvalue weighted by atomic mass is 32.3. The van der Waals surface area contributed by atoms with Crippen molar-refractivity contribution in [3.8, 4) is 11.5 Å². The van der Waals surface area contributed by atoms with E-state index in [1.807, 2.05) is 0 Å². The molecule has 0 fully saturated rings. The van der Waals surface area contributed by atoms with Gasteiger partial charge in [0.2, 0.25) is 6.79 Å². The second-order valence-electron chi connectivity index (χ2n) is 4.74. The fourth-order valence-corrected chi connectivity index (χ4v) is 5.16. The van der Waals surface area contributed by atoms with Crippen molar-refractivity contribution in [2.45, 2.75) is 11.3 Å². The summed E-state index contributed by atoms with van der Waals surface area (Å²) in [6.07, 6.45) is 2.70. The monoisotopic (exact) mass is 346 g/mol. The molecular formula is C11H13F3O5S2. The first-order valence-corrected chi connectivity index (χ1v) is 9.57. The number of hydrogen-bond donors (Lipinski definition) is 0. The Morgan fingerprint density at radius 3 is 2.43 bits per heavy atom. The molecular weight excluding hydrogens is 333 g/mol. The summed E-state index contributed by atoms with van der Waals surface area (Å²) < 4.78 is 73.8. The summed E-state index contributed by atoms with van der Waals surface area (Å²) in [6.45, 7) is 0.0774. The van der Waals surface area contributed by atoms with Gasteiger partial charge in [-0.3, -0.25) is 0 Å². The predicted molar refractivity (Wildman–Crippen MR) is 71.8 cm³/mol. The average Bonchev–Trinajstić information content (AvgIpc) is 2.72. The van der Waals surface area contributed by atoms with E-state index in [0.29, 0.717) is 17.1 Å². The molecule has 5 nitrogen and oxygen atoms in total. The Balaban J connectivity index is 2.14. The molecule has 0 amide bonds. The summed E-state index contributed by atoms with van der Waals surface area (Å²) in [5, 5.41) is 0. The number of benzene rings is 1. The lowest BCUT2D eigenvalue weighted by Crippen LogP contribution is -2.27. The lowest BCUT2D eigenvalue weighted by molar-refractivity contribution is -0.0496. The molecule has 0 unspecified atom stereocenters. The van der Waals surface area contributed by atoms with Gasteiger partial charge >= 0.3 is 15.6 Å². The molecule has 1 aliphatic rings. The van der Waals surface area contributed by atoms with Gasteiger partial charge in [0.25, 0.3) is 0 Å². The summed E-state index contributed by atoms with van der Waals surface area (Å²) in [5.74, 6) is 1.05. The van der Waals surface area contributed by atoms with E-state index in [1.54, 1.807) is 18.2 Å². The first kappa shape index (κ1) is 16.2. The van der Waals surface area contributed by atoms with E-state index in [0.717, 1.165) is 0 Å². The molecule has 0 aromatic heterocycles. The van der Waals surface area contributed by atoms with Crippen LogP contribution in [0.1, 0.15) is 5.56 Å². The Hall–Kier alpha value is -1.13. The normalized spacial score (nSPS) is 16.0. The molecule has 10 heteroatoms. The smallest absolute Gasteiger partial charge is 0.454 e. The highest BCUT2D eigenvalue weighted by Gasteiger charge is 2.49. The molecule has 1 aromatic carbocycles. The quantitative estimate of drug-likeness (QED) is 0.785. The summed E-state index contributed by atoms with van der Waals surface area (Å²) in [4.78, 5) is 0. The van der Waals surface area contributed by atoms with Crippen LogP contribution in [0.4, 0.5) is 13.2 Å². The van der Waals surface area contributed by atoms with Crippen LogP contribution in [0.15, 0.2) is 18.2 Å². The van der Waals surface area contributed by atoms with E-state index < -0.39 is 25.9 Å². The van der Waals surface area contributed by atoms with Crippen molar-refractivity contribution in [1.29, 1.82) is 0 Å². The molecule has 0 aliphatic carbocycles. The molecule has 1 heterocycles. The second-order valence-corrected chi connectivity index (χ2v) is 9.81. The van der Waals surface area contributed by atoms with Crippen molar-refractivity contribution >= 4 is 20.4 Å². The minimum Gasteiger partial charge on any atom is -0.454 e. The number of rotatable bonds is 4. The van der Waals surface area contributed by atoms with Crippen LogP contribution >= 0.6 is 10.3 Å². The molecule has 0 saturated carbocycles. The molecule has 0 radical (unpaired) electrons. The number of alkyl halides is 3. The standard InChI is InChI=1S/C11H13F3O5S2/c1-20(2,19-21(15,16)11(12,13)14)6-8-3-4-9-10(5-8)18-7-17-9/h3-5H,6-7H2,1-2H3. The zero-order chi connectivity index (χ0) is 15.9.